The summed E-state index contributed by atoms with van der Waals surface area (Å²) in [5.41, 5.74) is 0.160. The molecule has 1 rings (SSSR count). The molecule has 1 aromatic carbocycles. The van der Waals surface area contributed by atoms with E-state index in [4.69, 9.17) is 0 Å². The van der Waals surface area contributed by atoms with Gasteiger partial charge >= 0.3 is 0 Å². The standard InChI is InChI=1S/C15H22BrF2N/c1-5-19-14(10(4)9(2)3)8-11-13(17)7-6-12(16)15(11)18/h6-7,9-10,14,19H,5,8H2,1-4H3. The van der Waals surface area contributed by atoms with E-state index in [-0.39, 0.29) is 11.6 Å². The van der Waals surface area contributed by atoms with Crippen molar-refractivity contribution in [3.63, 3.8) is 0 Å². The molecule has 0 saturated heterocycles. The van der Waals surface area contributed by atoms with Gasteiger partial charge in [0.15, 0.2) is 0 Å². The van der Waals surface area contributed by atoms with Crippen LogP contribution in [0, 0.1) is 23.5 Å². The number of hydrogen-bond acceptors (Lipinski definition) is 1. The number of nitrogens with one attached hydrogen (secondary N) is 1. The lowest BCUT2D eigenvalue weighted by Crippen LogP contribution is -2.39. The van der Waals surface area contributed by atoms with Crippen LogP contribution in [0.4, 0.5) is 8.78 Å². The molecule has 1 aromatic rings. The third kappa shape index (κ3) is 4.25. The maximum absolute atomic E-state index is 14.0. The van der Waals surface area contributed by atoms with Crippen molar-refractivity contribution in [2.45, 2.75) is 40.2 Å². The molecule has 0 radical (unpaired) electrons. The van der Waals surface area contributed by atoms with Crippen LogP contribution in [-0.2, 0) is 6.42 Å². The van der Waals surface area contributed by atoms with Gasteiger partial charge in [-0.3, -0.25) is 0 Å². The molecule has 2 unspecified atom stereocenters. The summed E-state index contributed by atoms with van der Waals surface area (Å²) in [5.74, 6) is -0.154. The topological polar surface area (TPSA) is 12.0 Å². The van der Waals surface area contributed by atoms with E-state index in [9.17, 15) is 8.78 Å². The van der Waals surface area contributed by atoms with E-state index in [0.29, 0.717) is 22.7 Å². The smallest absolute Gasteiger partial charge is 0.143 e. The summed E-state index contributed by atoms with van der Waals surface area (Å²) in [6, 6.07) is 2.79. The van der Waals surface area contributed by atoms with Gasteiger partial charge in [0.25, 0.3) is 0 Å². The molecule has 0 aliphatic carbocycles. The molecule has 0 amide bonds. The van der Waals surface area contributed by atoms with Crippen LogP contribution in [0.5, 0.6) is 0 Å². The van der Waals surface area contributed by atoms with E-state index < -0.39 is 11.6 Å². The lowest BCUT2D eigenvalue weighted by atomic mass is 9.86. The van der Waals surface area contributed by atoms with Crippen LogP contribution in [-0.4, -0.2) is 12.6 Å². The molecule has 0 fully saturated rings. The van der Waals surface area contributed by atoms with Crippen LogP contribution in [0.15, 0.2) is 16.6 Å². The second-order valence-electron chi connectivity index (χ2n) is 5.29. The Hall–Kier alpha value is -0.480. The first-order valence-electron chi connectivity index (χ1n) is 6.74. The van der Waals surface area contributed by atoms with Crippen molar-refractivity contribution in [1.82, 2.24) is 5.32 Å². The Morgan fingerprint density at radius 3 is 2.37 bits per heavy atom. The van der Waals surface area contributed by atoms with Crippen molar-refractivity contribution in [3.05, 3.63) is 33.8 Å². The van der Waals surface area contributed by atoms with Gasteiger partial charge in [-0.05, 0) is 52.9 Å². The SMILES string of the molecule is CCNC(Cc1c(F)ccc(Br)c1F)C(C)C(C)C. The Morgan fingerprint density at radius 2 is 1.84 bits per heavy atom. The first-order valence-corrected chi connectivity index (χ1v) is 7.53. The summed E-state index contributed by atoms with van der Waals surface area (Å²) < 4.78 is 28.1. The molecule has 2 atom stereocenters. The van der Waals surface area contributed by atoms with Crippen LogP contribution in [0.3, 0.4) is 0 Å². The minimum absolute atomic E-state index is 0.0725. The number of benzene rings is 1. The molecule has 4 heteroatoms. The van der Waals surface area contributed by atoms with Gasteiger partial charge in [-0.1, -0.05) is 27.7 Å². The molecular formula is C15H22BrF2N. The molecule has 0 saturated carbocycles. The van der Waals surface area contributed by atoms with Crippen LogP contribution in [0.25, 0.3) is 0 Å². The maximum Gasteiger partial charge on any atom is 0.143 e. The lowest BCUT2D eigenvalue weighted by molar-refractivity contribution is 0.296. The van der Waals surface area contributed by atoms with Crippen molar-refractivity contribution in [2.75, 3.05) is 6.54 Å². The van der Waals surface area contributed by atoms with Crippen LogP contribution in [0.2, 0.25) is 0 Å². The Bertz CT molecular complexity index is 421. The van der Waals surface area contributed by atoms with Crippen molar-refractivity contribution in [3.8, 4) is 0 Å². The first-order chi connectivity index (χ1) is 8.88. The molecule has 108 valence electrons. The minimum atomic E-state index is -0.487. The molecule has 0 heterocycles. The van der Waals surface area contributed by atoms with Crippen LogP contribution in [0.1, 0.15) is 33.3 Å². The Morgan fingerprint density at radius 1 is 1.21 bits per heavy atom. The lowest BCUT2D eigenvalue weighted by Gasteiger charge is -2.28. The van der Waals surface area contributed by atoms with Crippen LogP contribution >= 0.6 is 15.9 Å². The fraction of sp³-hybridized carbons (Fsp3) is 0.600. The average molecular weight is 334 g/mol. The molecule has 0 aromatic heterocycles. The molecule has 0 aliphatic rings. The number of likely N-dealkylation sites (N-methyl/N-ethyl adjacent to an activating group) is 1. The third-order valence-electron chi connectivity index (χ3n) is 3.72. The van der Waals surface area contributed by atoms with Gasteiger partial charge in [0.05, 0.1) is 4.47 Å². The van der Waals surface area contributed by atoms with E-state index in [2.05, 4.69) is 42.0 Å². The summed E-state index contributed by atoms with van der Waals surface area (Å²) in [7, 11) is 0. The van der Waals surface area contributed by atoms with Crippen molar-refractivity contribution in [1.29, 1.82) is 0 Å². The Kier molecular flexibility index (Phi) is 6.40. The van der Waals surface area contributed by atoms with E-state index in [1.165, 1.54) is 12.1 Å². The van der Waals surface area contributed by atoms with Gasteiger partial charge < -0.3 is 5.32 Å². The van der Waals surface area contributed by atoms with Gasteiger partial charge in [0.2, 0.25) is 0 Å². The van der Waals surface area contributed by atoms with E-state index in [1.54, 1.807) is 0 Å². The zero-order valence-electron chi connectivity index (χ0n) is 11.9. The molecule has 1 N–H and O–H groups in total. The maximum atomic E-state index is 14.0. The van der Waals surface area contributed by atoms with E-state index in [1.807, 2.05) is 6.92 Å². The van der Waals surface area contributed by atoms with Gasteiger partial charge in [-0.2, -0.15) is 0 Å². The monoisotopic (exact) mass is 333 g/mol. The molecule has 19 heavy (non-hydrogen) atoms. The van der Waals surface area contributed by atoms with Gasteiger partial charge in [-0.25, -0.2) is 8.78 Å². The largest absolute Gasteiger partial charge is 0.314 e. The predicted molar refractivity (Wildman–Crippen MR) is 79.2 cm³/mol. The Balaban J connectivity index is 3.00. The van der Waals surface area contributed by atoms with Gasteiger partial charge in [0.1, 0.15) is 11.6 Å². The molecule has 0 aliphatic heterocycles. The van der Waals surface area contributed by atoms with E-state index >= 15 is 0 Å². The van der Waals surface area contributed by atoms with Gasteiger partial charge in [0, 0.05) is 11.6 Å². The zero-order valence-corrected chi connectivity index (χ0v) is 13.5. The summed E-state index contributed by atoms with van der Waals surface area (Å²) in [5, 5.41) is 3.34. The normalized spacial score (nSPS) is 14.7. The first kappa shape index (κ1) is 16.6. The second-order valence-corrected chi connectivity index (χ2v) is 6.15. The molecule has 0 bridgehead atoms. The second kappa shape index (κ2) is 7.34. The fourth-order valence-corrected chi connectivity index (χ4v) is 2.52. The molecular weight excluding hydrogens is 312 g/mol. The highest BCUT2D eigenvalue weighted by molar-refractivity contribution is 9.10. The van der Waals surface area contributed by atoms with Gasteiger partial charge in [-0.15, -0.1) is 0 Å². The minimum Gasteiger partial charge on any atom is -0.314 e. The molecule has 1 nitrogen and oxygen atoms in total. The summed E-state index contributed by atoms with van der Waals surface area (Å²) in [4.78, 5) is 0. The summed E-state index contributed by atoms with van der Waals surface area (Å²) in [6.07, 6.45) is 0.365. The quantitative estimate of drug-likeness (QED) is 0.753. The average Bonchev–Trinajstić information content (AvgIpc) is 2.37. The van der Waals surface area contributed by atoms with Crippen molar-refractivity contribution < 1.29 is 8.78 Å². The molecule has 0 spiro atoms. The highest BCUT2D eigenvalue weighted by Gasteiger charge is 2.23. The van der Waals surface area contributed by atoms with Crippen molar-refractivity contribution in [2.24, 2.45) is 11.8 Å². The highest BCUT2D eigenvalue weighted by atomic mass is 79.9. The Labute approximate surface area is 122 Å². The fourth-order valence-electron chi connectivity index (χ4n) is 2.15. The number of hydrogen-bond donors (Lipinski definition) is 1. The summed E-state index contributed by atoms with van der Waals surface area (Å²) in [6.45, 7) is 9.17. The number of halogens is 3. The summed E-state index contributed by atoms with van der Waals surface area (Å²) >= 11 is 3.11. The van der Waals surface area contributed by atoms with E-state index in [0.717, 1.165) is 6.54 Å². The predicted octanol–water partition coefficient (Wildman–Crippen LogP) is 4.54. The van der Waals surface area contributed by atoms with Crippen LogP contribution < -0.4 is 5.32 Å². The number of rotatable bonds is 6. The zero-order chi connectivity index (χ0) is 14.6. The third-order valence-corrected chi connectivity index (χ3v) is 4.33. The highest BCUT2D eigenvalue weighted by Crippen LogP contribution is 2.25. The van der Waals surface area contributed by atoms with Crippen molar-refractivity contribution >= 4 is 15.9 Å².